The molecular weight excluding hydrogens is 545 g/mol. The molecule has 0 amide bonds. The minimum absolute atomic E-state index is 0.406. The Balaban J connectivity index is 2.03. The van der Waals surface area contributed by atoms with Gasteiger partial charge in [0.15, 0.2) is 0 Å². The summed E-state index contributed by atoms with van der Waals surface area (Å²) in [5, 5.41) is 0. The number of allylic oxidation sites excluding steroid dienone is 2. The van der Waals surface area contributed by atoms with Crippen LogP contribution in [0.2, 0.25) is 0 Å². The number of para-hydroxylation sites is 2. The Morgan fingerprint density at radius 2 is 1.10 bits per heavy atom. The second-order valence-electron chi connectivity index (χ2n) is 12.5. The molecule has 40 heavy (non-hydrogen) atoms. The van der Waals surface area contributed by atoms with E-state index >= 15 is 0 Å². The van der Waals surface area contributed by atoms with Crippen molar-refractivity contribution < 1.29 is 0 Å². The molecule has 0 saturated heterocycles. The van der Waals surface area contributed by atoms with E-state index in [1.807, 2.05) is 0 Å². The van der Waals surface area contributed by atoms with Crippen LogP contribution in [0.15, 0.2) is 83.0 Å². The van der Waals surface area contributed by atoms with Crippen LogP contribution < -0.4 is 3.86 Å². The predicted molar refractivity (Wildman–Crippen MR) is 176 cm³/mol. The fraction of sp³-hybridized carbons (Fsp3) is 0.432. The molecule has 0 bridgehead atoms. The van der Waals surface area contributed by atoms with E-state index in [4.69, 9.17) is 4.99 Å². The first-order valence-corrected chi connectivity index (χ1v) is 16.2. The molecule has 2 nitrogen and oxygen atoms in total. The van der Waals surface area contributed by atoms with Crippen molar-refractivity contribution in [3.05, 3.63) is 106 Å². The molecule has 0 saturated carbocycles. The van der Waals surface area contributed by atoms with Crippen molar-refractivity contribution in [2.75, 3.05) is 3.86 Å². The van der Waals surface area contributed by atoms with Gasteiger partial charge in [-0.1, -0.05) is 0 Å². The molecule has 3 aromatic rings. The van der Waals surface area contributed by atoms with E-state index in [9.17, 15) is 0 Å². The first kappa shape index (κ1) is 30.4. The summed E-state index contributed by atoms with van der Waals surface area (Å²) < 4.78 is 2.54. The third kappa shape index (κ3) is 6.49. The Bertz CT molecular complexity index is 1310. The molecule has 4 rings (SSSR count). The summed E-state index contributed by atoms with van der Waals surface area (Å²) in [4.78, 5) is 5.67. The molecule has 0 aromatic heterocycles. The Morgan fingerprint density at radius 3 is 1.60 bits per heavy atom. The van der Waals surface area contributed by atoms with Gasteiger partial charge in [0, 0.05) is 0 Å². The maximum absolute atomic E-state index is 5.67. The summed E-state index contributed by atoms with van der Waals surface area (Å²) in [6, 6.07) is 24.5. The van der Waals surface area contributed by atoms with Crippen molar-refractivity contribution in [1.29, 1.82) is 0 Å². The molecule has 1 aliphatic carbocycles. The Kier molecular flexibility index (Phi) is 10.2. The zero-order valence-corrected chi connectivity index (χ0v) is 28.0. The van der Waals surface area contributed by atoms with Crippen LogP contribution in [0.25, 0.3) is 0 Å². The van der Waals surface area contributed by atoms with Crippen LogP contribution in [0.1, 0.15) is 133 Å². The first-order chi connectivity index (χ1) is 19.1. The van der Waals surface area contributed by atoms with Crippen molar-refractivity contribution in [3.8, 4) is 0 Å². The number of rotatable bonds is 9. The van der Waals surface area contributed by atoms with Gasteiger partial charge in [-0.05, 0) is 0 Å². The van der Waals surface area contributed by atoms with Crippen molar-refractivity contribution in [2.45, 2.75) is 105 Å². The Morgan fingerprint density at radius 1 is 0.625 bits per heavy atom. The third-order valence-electron chi connectivity index (χ3n) is 8.17. The van der Waals surface area contributed by atoms with Gasteiger partial charge in [0.25, 0.3) is 0 Å². The summed E-state index contributed by atoms with van der Waals surface area (Å²) >= 11 is 2.30. The molecular formula is C37H47GeN2. The van der Waals surface area contributed by atoms with Gasteiger partial charge < -0.3 is 0 Å². The van der Waals surface area contributed by atoms with Crippen LogP contribution in [0.4, 0.5) is 11.4 Å². The zero-order valence-electron chi connectivity index (χ0n) is 25.9. The number of nitrogens with zero attached hydrogens (tertiary/aromatic N) is 2. The van der Waals surface area contributed by atoms with E-state index in [2.05, 4.69) is 143 Å². The number of anilines is 1. The van der Waals surface area contributed by atoms with Gasteiger partial charge in [-0.25, -0.2) is 0 Å². The van der Waals surface area contributed by atoms with Crippen LogP contribution >= 0.6 is 0 Å². The van der Waals surface area contributed by atoms with E-state index in [0.29, 0.717) is 23.7 Å². The fourth-order valence-electron chi connectivity index (χ4n) is 5.95. The molecule has 1 aliphatic rings. The Hall–Kier alpha value is -2.59. The van der Waals surface area contributed by atoms with Crippen LogP contribution in [0.5, 0.6) is 0 Å². The molecule has 0 aliphatic heterocycles. The van der Waals surface area contributed by atoms with Gasteiger partial charge in [0.05, 0.1) is 0 Å². The number of hydrogen-bond donors (Lipinski definition) is 0. The zero-order chi connectivity index (χ0) is 29.0. The summed E-state index contributed by atoms with van der Waals surface area (Å²) in [5.41, 5.74) is 13.3. The summed E-state index contributed by atoms with van der Waals surface area (Å²) in [5.74, 6) is 1.72. The average molecular weight is 592 g/mol. The average Bonchev–Trinajstić information content (AvgIpc) is 2.95. The molecule has 0 N–H and O–H groups in total. The van der Waals surface area contributed by atoms with Gasteiger partial charge in [-0.15, -0.1) is 0 Å². The fourth-order valence-corrected chi connectivity index (χ4v) is 7.01. The molecule has 3 heteroatoms. The molecule has 0 atom stereocenters. The summed E-state index contributed by atoms with van der Waals surface area (Å²) in [6.07, 6.45) is 4.54. The minimum atomic E-state index is 0.406. The molecule has 3 aromatic carbocycles. The molecule has 3 radical (unpaired) electrons. The topological polar surface area (TPSA) is 15.6 Å². The van der Waals surface area contributed by atoms with E-state index in [1.54, 1.807) is 0 Å². The first-order valence-electron chi connectivity index (χ1n) is 15.2. The van der Waals surface area contributed by atoms with E-state index in [0.717, 1.165) is 24.2 Å². The SMILES string of the molecule is CC(C)c1cccc(C(C)C)c1N=C(C1=C([N]([Ge])c2c(C(C)C)cccc2C(C)C)CCCC1)c1ccccc1. The Labute approximate surface area is 252 Å². The van der Waals surface area contributed by atoms with Crippen LogP contribution in [0.3, 0.4) is 0 Å². The molecule has 0 fully saturated rings. The van der Waals surface area contributed by atoms with Crippen molar-refractivity contribution in [2.24, 2.45) is 4.99 Å². The van der Waals surface area contributed by atoms with Crippen LogP contribution in [-0.2, 0) is 0 Å². The van der Waals surface area contributed by atoms with E-state index in [1.165, 1.54) is 57.6 Å². The second kappa shape index (κ2) is 13.4. The second-order valence-corrected chi connectivity index (χ2v) is 13.4. The molecule has 0 spiro atoms. The van der Waals surface area contributed by atoms with E-state index in [-0.39, 0.29) is 0 Å². The van der Waals surface area contributed by atoms with Crippen molar-refractivity contribution >= 4 is 33.8 Å². The van der Waals surface area contributed by atoms with Gasteiger partial charge >= 0.3 is 253 Å². The third-order valence-corrected chi connectivity index (χ3v) is 9.21. The number of hydrogen-bond acceptors (Lipinski definition) is 2. The van der Waals surface area contributed by atoms with Gasteiger partial charge in [0.1, 0.15) is 0 Å². The monoisotopic (exact) mass is 593 g/mol. The van der Waals surface area contributed by atoms with Crippen molar-refractivity contribution in [1.82, 2.24) is 0 Å². The normalized spacial score (nSPS) is 14.7. The summed E-state index contributed by atoms with van der Waals surface area (Å²) in [6.45, 7) is 18.4. The maximum atomic E-state index is 5.67. The van der Waals surface area contributed by atoms with Crippen molar-refractivity contribution in [3.63, 3.8) is 0 Å². The summed E-state index contributed by atoms with van der Waals surface area (Å²) in [7, 11) is 0. The standard InChI is InChI=1S/C37H47GeN2/c1-24(2)29-19-14-20-30(25(3)4)36(29)39-35(28-16-10-9-11-17-28)33-18-12-13-23-34(33)40(38)37-31(26(5)6)21-15-22-32(37)27(7)8/h9-11,14-17,19-22,24-27H,12-13,18,23H2,1-8H3. The molecule has 209 valence electrons. The van der Waals surface area contributed by atoms with Crippen LogP contribution in [-0.4, -0.2) is 22.4 Å². The number of aliphatic imine (C=N–C) groups is 1. The van der Waals surface area contributed by atoms with Gasteiger partial charge in [-0.3, -0.25) is 0 Å². The number of benzene rings is 3. The molecule has 0 heterocycles. The van der Waals surface area contributed by atoms with Crippen LogP contribution in [0, 0.1) is 0 Å². The van der Waals surface area contributed by atoms with E-state index < -0.39 is 0 Å². The van der Waals surface area contributed by atoms with Gasteiger partial charge in [0.2, 0.25) is 0 Å². The predicted octanol–water partition coefficient (Wildman–Crippen LogP) is 10.7. The van der Waals surface area contributed by atoms with Gasteiger partial charge in [-0.2, -0.15) is 0 Å². The molecule has 0 unspecified atom stereocenters. The quantitative estimate of drug-likeness (QED) is 0.178.